The molecule has 0 atom stereocenters. The zero-order valence-corrected chi connectivity index (χ0v) is 8.19. The van der Waals surface area contributed by atoms with E-state index in [1.54, 1.807) is 6.20 Å². The fourth-order valence-corrected chi connectivity index (χ4v) is 1.32. The van der Waals surface area contributed by atoms with Gasteiger partial charge in [0.25, 0.3) is 6.01 Å². The maximum atomic E-state index is 5.76. The number of pyridine rings is 1. The topological polar surface area (TPSA) is 39.9 Å². The van der Waals surface area contributed by atoms with Crippen LogP contribution in [-0.2, 0) is 0 Å². The number of aromatic nitrogens is 3. The number of fused-ring (bicyclic) bond motifs is 1. The van der Waals surface area contributed by atoms with E-state index in [4.69, 9.17) is 11.8 Å². The molecule has 4 nitrogen and oxygen atoms in total. The Kier molecular flexibility index (Phi) is 2.11. The highest BCUT2D eigenvalue weighted by atomic mass is 16.5. The van der Waals surface area contributed by atoms with Crippen LogP contribution >= 0.6 is 0 Å². The monoisotopic (exact) mass is 189 g/mol. The van der Waals surface area contributed by atoms with Crippen LogP contribution in [0.1, 0.15) is 12.5 Å². The average Bonchev–Trinajstić information content (AvgIpc) is 2.48. The molecule has 0 N–H and O–H groups in total. The maximum Gasteiger partial charge on any atom is 0.299 e. The normalized spacial score (nSPS) is 10.8. The summed E-state index contributed by atoms with van der Waals surface area (Å²) in [5.41, 5.74) is 2.48. The molecule has 2 radical (unpaired) electrons. The van der Waals surface area contributed by atoms with Gasteiger partial charge in [0.15, 0.2) is 5.65 Å². The van der Waals surface area contributed by atoms with Crippen LogP contribution in [0.3, 0.4) is 0 Å². The molecule has 0 amide bonds. The van der Waals surface area contributed by atoms with E-state index in [1.807, 2.05) is 19.9 Å². The highest BCUT2D eigenvalue weighted by molar-refractivity contribution is 5.76. The van der Waals surface area contributed by atoms with Gasteiger partial charge in [-0.05, 0) is 25.5 Å². The minimum Gasteiger partial charge on any atom is -0.465 e. The molecule has 0 bridgehead atoms. The van der Waals surface area contributed by atoms with E-state index < -0.39 is 0 Å². The Morgan fingerprint density at radius 3 is 3.00 bits per heavy atom. The summed E-state index contributed by atoms with van der Waals surface area (Å²) in [7, 11) is 5.76. The summed E-state index contributed by atoms with van der Waals surface area (Å²) in [6.45, 7) is 4.39. The van der Waals surface area contributed by atoms with Crippen molar-refractivity contribution in [3.63, 3.8) is 0 Å². The lowest BCUT2D eigenvalue weighted by atomic mass is 10.3. The van der Waals surface area contributed by atoms with Crippen molar-refractivity contribution >= 4 is 11.2 Å². The molecule has 0 saturated carbocycles. The Hall–Kier alpha value is -1.58. The van der Waals surface area contributed by atoms with Crippen LogP contribution in [0.5, 0.6) is 6.01 Å². The first-order valence-electron chi connectivity index (χ1n) is 4.46. The summed E-state index contributed by atoms with van der Waals surface area (Å²) in [5, 5.41) is 0. The first-order valence-corrected chi connectivity index (χ1v) is 4.46. The first-order chi connectivity index (χ1) is 6.74. The van der Waals surface area contributed by atoms with Crippen LogP contribution in [0.15, 0.2) is 12.3 Å². The van der Waals surface area contributed by atoms with Crippen molar-refractivity contribution in [3.05, 3.63) is 24.9 Å². The second kappa shape index (κ2) is 3.29. The smallest absolute Gasteiger partial charge is 0.299 e. The molecule has 2 aromatic heterocycles. The molecular weight excluding hydrogens is 178 g/mol. The molecule has 0 aliphatic carbocycles. The van der Waals surface area contributed by atoms with Crippen LogP contribution in [0.2, 0.25) is 0 Å². The highest BCUT2D eigenvalue weighted by Crippen LogP contribution is 2.20. The van der Waals surface area contributed by atoms with Gasteiger partial charge < -0.3 is 4.74 Å². The average molecular weight is 189 g/mol. The van der Waals surface area contributed by atoms with Gasteiger partial charge in [0, 0.05) is 6.20 Å². The molecule has 0 aliphatic rings. The zero-order valence-electron chi connectivity index (χ0n) is 8.19. The predicted molar refractivity (Wildman–Crippen MR) is 53.1 cm³/mol. The third-order valence-electron chi connectivity index (χ3n) is 2.02. The number of hydrogen-bond acceptors (Lipinski definition) is 3. The fourth-order valence-electron chi connectivity index (χ4n) is 1.32. The lowest BCUT2D eigenvalue weighted by molar-refractivity contribution is 0.308. The van der Waals surface area contributed by atoms with E-state index in [-0.39, 0.29) is 0 Å². The summed E-state index contributed by atoms with van der Waals surface area (Å²) in [6.07, 6.45) is 1.71. The van der Waals surface area contributed by atoms with Crippen molar-refractivity contribution in [2.75, 3.05) is 6.61 Å². The van der Waals surface area contributed by atoms with Crippen LogP contribution < -0.4 is 4.74 Å². The molecule has 14 heavy (non-hydrogen) atoms. The molecule has 2 aromatic rings. The summed E-state index contributed by atoms with van der Waals surface area (Å²) in [4.78, 5) is 8.39. The zero-order chi connectivity index (χ0) is 10.1. The minimum atomic E-state index is 0.407. The van der Waals surface area contributed by atoms with E-state index in [0.717, 1.165) is 11.1 Å². The van der Waals surface area contributed by atoms with Gasteiger partial charge in [0.05, 0.1) is 13.7 Å². The van der Waals surface area contributed by atoms with Crippen LogP contribution in [0, 0.1) is 14.0 Å². The van der Waals surface area contributed by atoms with Gasteiger partial charge in [-0.3, -0.25) is 4.57 Å². The Morgan fingerprint density at radius 1 is 1.57 bits per heavy atom. The van der Waals surface area contributed by atoms with E-state index in [2.05, 4.69) is 9.97 Å². The molecule has 0 aliphatic heterocycles. The summed E-state index contributed by atoms with van der Waals surface area (Å²) in [6, 6.07) is 2.30. The van der Waals surface area contributed by atoms with Crippen LogP contribution in [-0.4, -0.2) is 21.1 Å². The van der Waals surface area contributed by atoms with Gasteiger partial charge in [-0.2, -0.15) is 4.98 Å². The van der Waals surface area contributed by atoms with Crippen molar-refractivity contribution in [3.8, 4) is 6.01 Å². The van der Waals surface area contributed by atoms with Gasteiger partial charge in [0.2, 0.25) is 0 Å². The number of aryl methyl sites for hydroxylation is 1. The number of rotatable bonds is 2. The summed E-state index contributed by atoms with van der Waals surface area (Å²) < 4.78 is 6.63. The first kappa shape index (κ1) is 8.99. The maximum absolute atomic E-state index is 5.76. The van der Waals surface area contributed by atoms with Crippen molar-refractivity contribution in [2.45, 2.75) is 13.8 Å². The second-order valence-corrected chi connectivity index (χ2v) is 3.00. The fraction of sp³-hybridized carbons (Fsp3) is 0.300. The van der Waals surface area contributed by atoms with Gasteiger partial charge in [0.1, 0.15) is 5.52 Å². The molecule has 4 heteroatoms. The summed E-state index contributed by atoms with van der Waals surface area (Å²) in [5.74, 6) is 0. The number of ether oxygens (including phenoxy) is 1. The molecule has 72 valence electrons. The quantitative estimate of drug-likeness (QED) is 0.721. The molecule has 2 rings (SSSR count). The lowest BCUT2D eigenvalue weighted by Gasteiger charge is -1.99. The Morgan fingerprint density at radius 2 is 2.36 bits per heavy atom. The van der Waals surface area contributed by atoms with E-state index in [9.17, 15) is 0 Å². The Labute approximate surface area is 82.5 Å². The predicted octanol–water partition coefficient (Wildman–Crippen LogP) is 1.66. The molecule has 0 spiro atoms. The molecule has 0 fully saturated rings. The van der Waals surface area contributed by atoms with Crippen molar-refractivity contribution < 1.29 is 4.74 Å². The highest BCUT2D eigenvalue weighted by Gasteiger charge is 2.10. The van der Waals surface area contributed by atoms with E-state index in [0.29, 0.717) is 18.3 Å². The van der Waals surface area contributed by atoms with Gasteiger partial charge in [-0.1, -0.05) is 0 Å². The SMILES string of the molecule is [CH]n1c(OCC)nc2c(C)ccnc21. The van der Waals surface area contributed by atoms with Crippen molar-refractivity contribution in [1.82, 2.24) is 14.5 Å². The largest absolute Gasteiger partial charge is 0.465 e. The third kappa shape index (κ3) is 1.23. The van der Waals surface area contributed by atoms with E-state index >= 15 is 0 Å². The van der Waals surface area contributed by atoms with Gasteiger partial charge in [-0.15, -0.1) is 0 Å². The van der Waals surface area contributed by atoms with Crippen molar-refractivity contribution in [1.29, 1.82) is 0 Å². The Bertz CT molecular complexity index is 462. The second-order valence-electron chi connectivity index (χ2n) is 3.00. The molecule has 2 heterocycles. The molecular formula is C10H11N3O. The number of imidazole rings is 1. The third-order valence-corrected chi connectivity index (χ3v) is 2.02. The van der Waals surface area contributed by atoms with Crippen molar-refractivity contribution in [2.24, 2.45) is 0 Å². The molecule has 0 unspecified atom stereocenters. The lowest BCUT2D eigenvalue weighted by Crippen LogP contribution is -1.98. The van der Waals surface area contributed by atoms with Gasteiger partial charge >= 0.3 is 0 Å². The van der Waals surface area contributed by atoms with Gasteiger partial charge in [-0.25, -0.2) is 4.98 Å². The van der Waals surface area contributed by atoms with Crippen LogP contribution in [0.4, 0.5) is 0 Å². The Balaban J connectivity index is 2.67. The summed E-state index contributed by atoms with van der Waals surface area (Å²) >= 11 is 0. The minimum absolute atomic E-state index is 0.407. The standard InChI is InChI=1S/C10H11N3O/c1-4-14-10-12-8-7(2)5-6-11-9(8)13(10)3/h3,5-6H,4H2,1-2H3. The number of hydrogen-bond donors (Lipinski definition) is 0. The number of nitrogens with zero attached hydrogens (tertiary/aromatic N) is 3. The molecule has 0 aromatic carbocycles. The van der Waals surface area contributed by atoms with E-state index in [1.165, 1.54) is 4.57 Å². The van der Waals surface area contributed by atoms with Crippen LogP contribution in [0.25, 0.3) is 11.2 Å². The molecule has 0 saturated heterocycles.